The van der Waals surface area contributed by atoms with Crippen molar-refractivity contribution in [2.24, 2.45) is 0 Å². The van der Waals surface area contributed by atoms with Gasteiger partial charge in [0, 0.05) is 4.90 Å². The van der Waals surface area contributed by atoms with Crippen LogP contribution in [0.3, 0.4) is 0 Å². The zero-order chi connectivity index (χ0) is 18.9. The fraction of sp³-hybridized carbons (Fsp3) is 0.222. The Kier molecular flexibility index (Phi) is 7.40. The number of nitrogens with one attached hydrogen (secondary N) is 2. The van der Waals surface area contributed by atoms with Crippen LogP contribution in [0, 0.1) is 0 Å². The Morgan fingerprint density at radius 1 is 1.08 bits per heavy atom. The molecule has 0 saturated heterocycles. The summed E-state index contributed by atoms with van der Waals surface area (Å²) in [6, 6.07) is 14.4. The summed E-state index contributed by atoms with van der Waals surface area (Å²) in [4.78, 5) is 24.2. The van der Waals surface area contributed by atoms with Crippen molar-refractivity contribution in [3.63, 3.8) is 0 Å². The van der Waals surface area contributed by atoms with Crippen LogP contribution in [0.4, 0.5) is 19.3 Å². The van der Waals surface area contributed by atoms with Crippen LogP contribution < -0.4 is 10.6 Å². The minimum absolute atomic E-state index is 0.0782. The van der Waals surface area contributed by atoms with Gasteiger partial charge in [-0.1, -0.05) is 54.2 Å². The first-order valence-electron chi connectivity index (χ1n) is 7.77. The molecule has 0 aliphatic carbocycles. The summed E-state index contributed by atoms with van der Waals surface area (Å²) in [5.74, 6) is -3.14. The van der Waals surface area contributed by atoms with E-state index in [2.05, 4.69) is 10.6 Å². The summed E-state index contributed by atoms with van der Waals surface area (Å²) >= 11 is 0.338. The molecule has 0 aromatic heterocycles. The number of anilines is 1. The first kappa shape index (κ1) is 19.7. The van der Waals surface area contributed by atoms with Crippen molar-refractivity contribution in [2.45, 2.75) is 30.2 Å². The Morgan fingerprint density at radius 2 is 1.73 bits per heavy atom. The van der Waals surface area contributed by atoms with Gasteiger partial charge in [-0.2, -0.15) is 8.78 Å². The summed E-state index contributed by atoms with van der Waals surface area (Å²) < 4.78 is 30.2. The molecule has 2 aromatic rings. The average molecular weight is 380 g/mol. The molecule has 2 amide bonds. The molecule has 0 heterocycles. The van der Waals surface area contributed by atoms with Crippen molar-refractivity contribution in [1.29, 1.82) is 0 Å². The van der Waals surface area contributed by atoms with Crippen LogP contribution in [0.25, 0.3) is 0 Å². The minimum atomic E-state index is -2.60. The zero-order valence-electron chi connectivity index (χ0n) is 13.9. The van der Waals surface area contributed by atoms with E-state index in [1.54, 1.807) is 24.3 Å². The highest BCUT2D eigenvalue weighted by Gasteiger charge is 2.18. The number of halogens is 2. The molecular weight excluding hydrogens is 362 g/mol. The van der Waals surface area contributed by atoms with Gasteiger partial charge in [-0.05, 0) is 24.6 Å². The topological polar surface area (TPSA) is 67.4 Å². The molecule has 0 fully saturated rings. The van der Waals surface area contributed by atoms with E-state index in [0.717, 1.165) is 5.56 Å². The van der Waals surface area contributed by atoms with Crippen LogP contribution in [0.5, 0.6) is 0 Å². The van der Waals surface area contributed by atoms with Crippen molar-refractivity contribution >= 4 is 29.4 Å². The molecule has 0 radical (unpaired) electrons. The molecule has 0 aliphatic rings. The van der Waals surface area contributed by atoms with E-state index < -0.39 is 23.8 Å². The van der Waals surface area contributed by atoms with Crippen molar-refractivity contribution < 1.29 is 23.1 Å². The monoisotopic (exact) mass is 380 g/mol. The van der Waals surface area contributed by atoms with E-state index in [-0.39, 0.29) is 17.2 Å². The van der Waals surface area contributed by atoms with Crippen molar-refractivity contribution in [3.8, 4) is 0 Å². The Bertz CT molecular complexity index is 744. The highest BCUT2D eigenvalue weighted by atomic mass is 32.2. The van der Waals surface area contributed by atoms with E-state index >= 15 is 0 Å². The second-order valence-corrected chi connectivity index (χ2v) is 6.32. The van der Waals surface area contributed by atoms with Gasteiger partial charge in [0.15, 0.2) is 0 Å². The molecule has 0 aliphatic heterocycles. The van der Waals surface area contributed by atoms with Gasteiger partial charge in [-0.3, -0.25) is 4.79 Å². The Hall–Kier alpha value is -2.61. The van der Waals surface area contributed by atoms with E-state index in [4.69, 9.17) is 4.74 Å². The molecular formula is C18H18F2N2O3S. The Morgan fingerprint density at radius 3 is 2.42 bits per heavy atom. The second kappa shape index (κ2) is 9.76. The number of hydrogen-bond donors (Lipinski definition) is 2. The lowest BCUT2D eigenvalue weighted by Gasteiger charge is -2.16. The van der Waals surface area contributed by atoms with Crippen LogP contribution in [0.15, 0.2) is 59.5 Å². The summed E-state index contributed by atoms with van der Waals surface area (Å²) in [6.07, 6.45) is -0.744. The summed E-state index contributed by atoms with van der Waals surface area (Å²) in [5, 5.41) is 4.93. The van der Waals surface area contributed by atoms with Gasteiger partial charge < -0.3 is 15.4 Å². The van der Waals surface area contributed by atoms with Gasteiger partial charge in [0.1, 0.15) is 12.6 Å². The van der Waals surface area contributed by atoms with Gasteiger partial charge in [0.25, 0.3) is 5.76 Å². The summed E-state index contributed by atoms with van der Waals surface area (Å²) in [7, 11) is 0. The normalized spacial score (nSPS) is 11.7. The third kappa shape index (κ3) is 6.36. The fourth-order valence-electron chi connectivity index (χ4n) is 2.02. The first-order valence-corrected chi connectivity index (χ1v) is 8.65. The maximum atomic E-state index is 12.6. The van der Waals surface area contributed by atoms with Crippen molar-refractivity contribution in [3.05, 3.63) is 60.2 Å². The van der Waals surface area contributed by atoms with Gasteiger partial charge >= 0.3 is 6.09 Å². The predicted octanol–water partition coefficient (Wildman–Crippen LogP) is 4.25. The standard InChI is InChI=1S/C18H18F2N2O3S/c1-12(21-18(24)25-11-13-7-3-2-4-8-13)16(23)22-14-9-5-6-10-15(14)26-17(19)20/h2-10,12,17H,11H2,1H3,(H,21,24)(H,22,23). The number of carbonyl (C=O) groups excluding carboxylic acids is 2. The van der Waals surface area contributed by atoms with Crippen molar-refractivity contribution in [2.75, 3.05) is 5.32 Å². The van der Waals surface area contributed by atoms with Crippen molar-refractivity contribution in [1.82, 2.24) is 5.32 Å². The molecule has 26 heavy (non-hydrogen) atoms. The Balaban J connectivity index is 1.86. The van der Waals surface area contributed by atoms with Crippen LogP contribution in [0.1, 0.15) is 12.5 Å². The number of ether oxygens (including phenoxy) is 1. The molecule has 8 heteroatoms. The zero-order valence-corrected chi connectivity index (χ0v) is 14.8. The lowest BCUT2D eigenvalue weighted by molar-refractivity contribution is -0.117. The molecule has 0 saturated carbocycles. The number of rotatable bonds is 7. The fourth-order valence-corrected chi connectivity index (χ4v) is 2.61. The molecule has 5 nitrogen and oxygen atoms in total. The molecule has 2 aromatic carbocycles. The molecule has 0 spiro atoms. The number of benzene rings is 2. The lowest BCUT2D eigenvalue weighted by atomic mass is 10.2. The smallest absolute Gasteiger partial charge is 0.408 e. The van der Waals surface area contributed by atoms with Gasteiger partial charge in [0.05, 0.1) is 5.69 Å². The first-order chi connectivity index (χ1) is 12.5. The van der Waals surface area contributed by atoms with Crippen LogP contribution in [0.2, 0.25) is 0 Å². The number of thioether (sulfide) groups is 1. The third-order valence-corrected chi connectivity index (χ3v) is 4.09. The molecule has 1 unspecified atom stereocenters. The molecule has 2 N–H and O–H groups in total. The van der Waals surface area contributed by atoms with E-state index in [9.17, 15) is 18.4 Å². The lowest BCUT2D eigenvalue weighted by Crippen LogP contribution is -2.41. The van der Waals surface area contributed by atoms with Gasteiger partial charge in [0.2, 0.25) is 5.91 Å². The Labute approximate surface area is 154 Å². The second-order valence-electron chi connectivity index (χ2n) is 5.29. The number of carbonyl (C=O) groups is 2. The quantitative estimate of drug-likeness (QED) is 0.705. The van der Waals surface area contributed by atoms with Crippen LogP contribution in [-0.4, -0.2) is 23.8 Å². The maximum absolute atomic E-state index is 12.6. The molecule has 138 valence electrons. The number of alkyl halides is 2. The highest BCUT2D eigenvalue weighted by molar-refractivity contribution is 7.99. The largest absolute Gasteiger partial charge is 0.445 e. The number of para-hydroxylation sites is 1. The minimum Gasteiger partial charge on any atom is -0.445 e. The number of amides is 2. The average Bonchev–Trinajstić information content (AvgIpc) is 2.62. The maximum Gasteiger partial charge on any atom is 0.408 e. The predicted molar refractivity (Wildman–Crippen MR) is 96.2 cm³/mol. The summed E-state index contributed by atoms with van der Waals surface area (Å²) in [6.45, 7) is 1.55. The van der Waals surface area contributed by atoms with E-state index in [1.807, 2.05) is 18.2 Å². The van der Waals surface area contributed by atoms with E-state index in [1.165, 1.54) is 19.1 Å². The number of hydrogen-bond acceptors (Lipinski definition) is 4. The van der Waals surface area contributed by atoms with Gasteiger partial charge in [-0.15, -0.1) is 0 Å². The summed E-state index contributed by atoms with van der Waals surface area (Å²) in [5.41, 5.74) is 1.08. The van der Waals surface area contributed by atoms with Crippen LogP contribution in [-0.2, 0) is 16.1 Å². The van der Waals surface area contributed by atoms with Gasteiger partial charge in [-0.25, -0.2) is 4.79 Å². The van der Waals surface area contributed by atoms with E-state index in [0.29, 0.717) is 11.8 Å². The molecule has 1 atom stereocenters. The SMILES string of the molecule is CC(NC(=O)OCc1ccccc1)C(=O)Nc1ccccc1SC(F)F. The molecule has 0 bridgehead atoms. The number of alkyl carbamates (subject to hydrolysis) is 1. The third-order valence-electron chi connectivity index (χ3n) is 3.30. The molecule has 2 rings (SSSR count). The van der Waals surface area contributed by atoms with Crippen LogP contribution >= 0.6 is 11.8 Å². The highest BCUT2D eigenvalue weighted by Crippen LogP contribution is 2.31.